The Morgan fingerprint density at radius 1 is 0.778 bits per heavy atom. The van der Waals surface area contributed by atoms with Crippen LogP contribution in [-0.4, -0.2) is 56.7 Å². The molecule has 0 aromatic carbocycles. The highest BCUT2D eigenvalue weighted by atomic mass is 16.7. The summed E-state index contributed by atoms with van der Waals surface area (Å²) in [6.07, 6.45) is 2.22. The number of hydrogen-bond acceptors (Lipinski definition) is 12. The first kappa shape index (κ1) is 23.5. The molecule has 0 bridgehead atoms. The number of carbonyl (C=O) groups excluding carboxylic acids is 5. The second-order valence-electron chi connectivity index (χ2n) is 4.57. The molecule has 12 heteroatoms. The van der Waals surface area contributed by atoms with Crippen molar-refractivity contribution < 1.29 is 47.7 Å². The second kappa shape index (κ2) is 16.0. The summed E-state index contributed by atoms with van der Waals surface area (Å²) in [5.74, 6) is -2.77. The highest BCUT2D eigenvalue weighted by Crippen LogP contribution is 2.01. The molecule has 0 N–H and O–H groups in total. The molecule has 0 rings (SSSR count). The van der Waals surface area contributed by atoms with Crippen LogP contribution in [0, 0.1) is 11.5 Å². The molecule has 0 spiro atoms. The van der Waals surface area contributed by atoms with E-state index in [1.54, 1.807) is 0 Å². The van der Waals surface area contributed by atoms with Crippen molar-refractivity contribution in [3.8, 4) is 6.26 Å². The maximum atomic E-state index is 11.4. The lowest BCUT2D eigenvalue weighted by Crippen LogP contribution is -2.15. The molecule has 0 unspecified atom stereocenters. The fourth-order valence-electron chi connectivity index (χ4n) is 1.36. The minimum atomic E-state index is -0.700. The molecule has 0 amide bonds. The van der Waals surface area contributed by atoms with Gasteiger partial charge < -0.3 is 23.7 Å². The van der Waals surface area contributed by atoms with Gasteiger partial charge in [-0.3, -0.25) is 19.2 Å². The third-order valence-electron chi connectivity index (χ3n) is 2.61. The predicted molar refractivity (Wildman–Crippen MR) is 81.7 cm³/mol. The van der Waals surface area contributed by atoms with Crippen molar-refractivity contribution in [1.82, 2.24) is 0 Å². The second-order valence-corrected chi connectivity index (χ2v) is 4.57. The van der Waals surface area contributed by atoms with Gasteiger partial charge in [-0.15, -0.1) is 0 Å². The highest BCUT2D eigenvalue weighted by molar-refractivity contribution is 5.73. The van der Waals surface area contributed by atoms with Gasteiger partial charge in [-0.2, -0.15) is 5.26 Å². The molecular formula is C15H18N2O10. The van der Waals surface area contributed by atoms with Gasteiger partial charge >= 0.3 is 23.9 Å². The Morgan fingerprint density at radius 3 is 1.74 bits per heavy atom. The minimum Gasteiger partial charge on any atom is -0.428 e. The van der Waals surface area contributed by atoms with E-state index in [0.29, 0.717) is 0 Å². The number of hydrogen-bond donors (Lipinski definition) is 0. The normalized spacial score (nSPS) is 9.15. The van der Waals surface area contributed by atoms with Crippen LogP contribution in [0.25, 0.3) is 0 Å². The molecule has 0 aliphatic rings. The van der Waals surface area contributed by atoms with Gasteiger partial charge in [-0.1, -0.05) is 0 Å². The topological polar surface area (TPSA) is 168 Å². The van der Waals surface area contributed by atoms with Gasteiger partial charge in [0.1, 0.15) is 6.61 Å². The third-order valence-corrected chi connectivity index (χ3v) is 2.61. The van der Waals surface area contributed by atoms with E-state index < -0.39 is 37.5 Å². The molecule has 0 aromatic rings. The van der Waals surface area contributed by atoms with Gasteiger partial charge in [0, 0.05) is 12.8 Å². The zero-order valence-corrected chi connectivity index (χ0v) is 14.3. The number of nitriles is 1. The molecule has 12 nitrogen and oxygen atoms in total. The van der Waals surface area contributed by atoms with Crippen molar-refractivity contribution in [2.24, 2.45) is 4.99 Å². The molecule has 0 aliphatic heterocycles. The predicted octanol–water partition coefficient (Wildman–Crippen LogP) is -0.142. The monoisotopic (exact) mass is 386 g/mol. The molecular weight excluding hydrogens is 368 g/mol. The van der Waals surface area contributed by atoms with E-state index >= 15 is 0 Å². The summed E-state index contributed by atoms with van der Waals surface area (Å²) >= 11 is 0. The number of ether oxygens (including phenoxy) is 5. The molecule has 0 heterocycles. The summed E-state index contributed by atoms with van der Waals surface area (Å²) in [4.78, 5) is 57.9. The van der Waals surface area contributed by atoms with Crippen LogP contribution in [0.1, 0.15) is 32.1 Å². The molecule has 0 aromatic heterocycles. The Labute approximate surface area is 154 Å². The number of carbonyl (C=O) groups is 4. The quantitative estimate of drug-likeness (QED) is 0.0972. The van der Waals surface area contributed by atoms with Crippen molar-refractivity contribution in [1.29, 1.82) is 5.26 Å². The van der Waals surface area contributed by atoms with E-state index in [1.165, 1.54) is 12.3 Å². The van der Waals surface area contributed by atoms with Crippen LogP contribution in [0.2, 0.25) is 0 Å². The summed E-state index contributed by atoms with van der Waals surface area (Å²) in [6.45, 7) is -1.37. The van der Waals surface area contributed by atoms with Crippen LogP contribution in [0.5, 0.6) is 0 Å². The lowest BCUT2D eigenvalue weighted by molar-refractivity contribution is -0.167. The van der Waals surface area contributed by atoms with Crippen LogP contribution < -0.4 is 0 Å². The molecule has 0 fully saturated rings. The maximum absolute atomic E-state index is 11.4. The van der Waals surface area contributed by atoms with E-state index in [2.05, 4.69) is 28.7 Å². The smallest absolute Gasteiger partial charge is 0.312 e. The van der Waals surface area contributed by atoms with Crippen molar-refractivity contribution in [2.45, 2.75) is 32.1 Å². The van der Waals surface area contributed by atoms with Crippen LogP contribution in [0.4, 0.5) is 0 Å². The van der Waals surface area contributed by atoms with Crippen molar-refractivity contribution in [2.75, 3.05) is 26.7 Å². The van der Waals surface area contributed by atoms with Crippen LogP contribution in [0.15, 0.2) is 4.99 Å². The van der Waals surface area contributed by atoms with Crippen molar-refractivity contribution in [3.05, 3.63) is 0 Å². The highest BCUT2D eigenvalue weighted by Gasteiger charge is 2.10. The number of isocyanates is 1. The third kappa shape index (κ3) is 15.8. The molecule has 27 heavy (non-hydrogen) atoms. The lowest BCUT2D eigenvalue weighted by atomic mass is 10.2. The fraction of sp³-hybridized carbons (Fsp3) is 0.600. The maximum Gasteiger partial charge on any atom is 0.312 e. The first-order valence-electron chi connectivity index (χ1n) is 7.66. The first-order chi connectivity index (χ1) is 13.0. The molecule has 0 saturated heterocycles. The van der Waals surface area contributed by atoms with Gasteiger partial charge in [0.2, 0.25) is 19.7 Å². The van der Waals surface area contributed by atoms with E-state index in [-0.39, 0.29) is 45.3 Å². The average Bonchev–Trinajstić information content (AvgIpc) is 2.62. The van der Waals surface area contributed by atoms with Gasteiger partial charge in [-0.25, -0.2) is 9.79 Å². The Balaban J connectivity index is 3.63. The van der Waals surface area contributed by atoms with Crippen molar-refractivity contribution >= 4 is 30.0 Å². The lowest BCUT2D eigenvalue weighted by Gasteiger charge is -2.07. The average molecular weight is 386 g/mol. The molecule has 0 radical (unpaired) electrons. The van der Waals surface area contributed by atoms with Crippen molar-refractivity contribution in [3.63, 3.8) is 0 Å². The van der Waals surface area contributed by atoms with Crippen LogP contribution in [0.3, 0.4) is 0 Å². The summed E-state index contributed by atoms with van der Waals surface area (Å²) in [6, 6.07) is 0. The molecule has 0 atom stereocenters. The Morgan fingerprint density at radius 2 is 1.26 bits per heavy atom. The molecule has 0 saturated carbocycles. The van der Waals surface area contributed by atoms with Crippen LogP contribution >= 0.6 is 0 Å². The van der Waals surface area contributed by atoms with E-state index in [4.69, 9.17) is 5.26 Å². The van der Waals surface area contributed by atoms with E-state index in [9.17, 15) is 24.0 Å². The summed E-state index contributed by atoms with van der Waals surface area (Å²) in [5.41, 5.74) is 0. The molecule has 148 valence electrons. The zero-order chi connectivity index (χ0) is 20.3. The minimum absolute atomic E-state index is 0.0681. The number of nitrogens with zero attached hydrogens (tertiary/aromatic N) is 2. The SMILES string of the molecule is N#COCCC(=O)OCOC(=O)CCCC(=O)OCOC(=O)CCN=C=O. The standard InChI is InChI=1S/C15H18N2O10/c16-8-23-7-5-15(22)27-11-25-13(20)3-1-2-12(19)24-10-26-14(21)4-6-17-9-18/h1-7,10-11H2. The molecule has 0 aliphatic carbocycles. The van der Waals surface area contributed by atoms with Gasteiger partial charge in [0.15, 0.2) is 0 Å². The van der Waals surface area contributed by atoms with Gasteiger partial charge in [-0.05, 0) is 6.42 Å². The first-order valence-corrected chi connectivity index (χ1v) is 7.66. The summed E-state index contributed by atoms with van der Waals surface area (Å²) in [5, 5.41) is 8.10. The number of aliphatic imine (C=N–C) groups is 1. The summed E-state index contributed by atoms with van der Waals surface area (Å²) in [7, 11) is 0. The Kier molecular flexibility index (Phi) is 14.0. The Bertz CT molecular complexity index is 592. The van der Waals surface area contributed by atoms with Crippen LogP contribution in [-0.2, 0) is 47.7 Å². The fourth-order valence-corrected chi connectivity index (χ4v) is 1.36. The number of esters is 4. The van der Waals surface area contributed by atoms with E-state index in [1.807, 2.05) is 0 Å². The van der Waals surface area contributed by atoms with Gasteiger partial charge in [0.05, 0.1) is 19.4 Å². The zero-order valence-electron chi connectivity index (χ0n) is 14.3. The largest absolute Gasteiger partial charge is 0.428 e. The summed E-state index contributed by atoms with van der Waals surface area (Å²) < 4.78 is 22.6. The Hall–Kier alpha value is -3.45. The van der Waals surface area contributed by atoms with Gasteiger partial charge in [0.25, 0.3) is 6.26 Å². The van der Waals surface area contributed by atoms with E-state index in [0.717, 1.165) is 0 Å². The number of rotatable bonds is 14.